The Kier molecular flexibility index (Phi) is 6.17. The molecule has 0 spiro atoms. The van der Waals surface area contributed by atoms with Gasteiger partial charge in [-0.3, -0.25) is 4.98 Å². The average Bonchev–Trinajstić information content (AvgIpc) is 3.49. The second kappa shape index (κ2) is 9.76. The largest absolute Gasteiger partial charge is 0.378 e. The summed E-state index contributed by atoms with van der Waals surface area (Å²) in [6.07, 6.45) is 1.85. The fourth-order valence-corrected chi connectivity index (χ4v) is 5.64. The molecule has 0 radical (unpaired) electrons. The second-order valence-corrected chi connectivity index (χ2v) is 9.57. The molecule has 2 aliphatic rings. The van der Waals surface area contributed by atoms with Gasteiger partial charge >= 0.3 is 0 Å². The summed E-state index contributed by atoms with van der Waals surface area (Å²) in [7, 11) is 0. The quantitative estimate of drug-likeness (QED) is 0.384. The van der Waals surface area contributed by atoms with Crippen molar-refractivity contribution in [3.8, 4) is 5.69 Å². The zero-order valence-corrected chi connectivity index (χ0v) is 21.1. The zero-order chi connectivity index (χ0) is 24.5. The number of benzene rings is 2. The fraction of sp³-hybridized carbons (Fsp3) is 0.241. The molecule has 182 valence electrons. The van der Waals surface area contributed by atoms with Crippen LogP contribution in [-0.2, 0) is 4.74 Å². The van der Waals surface area contributed by atoms with Crippen LogP contribution in [0.4, 0.5) is 11.4 Å². The van der Waals surface area contributed by atoms with Crippen LogP contribution in [0.25, 0.3) is 5.69 Å². The molecule has 0 unspecified atom stereocenters. The minimum Gasteiger partial charge on any atom is -0.378 e. The highest BCUT2D eigenvalue weighted by molar-refractivity contribution is 7.80. The highest BCUT2D eigenvalue weighted by Crippen LogP contribution is 2.43. The van der Waals surface area contributed by atoms with E-state index in [2.05, 4.69) is 93.3 Å². The van der Waals surface area contributed by atoms with Crippen molar-refractivity contribution in [2.24, 2.45) is 0 Å². The first-order valence-corrected chi connectivity index (χ1v) is 12.8. The SMILES string of the molecule is Cc1ccc([C@H]2[C@H](c3ccccn3)NC(=S)N2c2ccc(N3CCOCC3)cc2)n1-c1ccccc1. The molecule has 0 aliphatic carbocycles. The third-order valence-corrected chi connectivity index (χ3v) is 7.34. The van der Waals surface area contributed by atoms with Gasteiger partial charge in [0.05, 0.1) is 24.9 Å². The lowest BCUT2D eigenvalue weighted by molar-refractivity contribution is 0.122. The second-order valence-electron chi connectivity index (χ2n) is 9.18. The Bertz CT molecular complexity index is 1330. The number of anilines is 2. The number of rotatable bonds is 5. The van der Waals surface area contributed by atoms with Crippen molar-refractivity contribution in [2.75, 3.05) is 36.1 Å². The molecule has 4 aromatic rings. The Labute approximate surface area is 217 Å². The Morgan fingerprint density at radius 1 is 0.833 bits per heavy atom. The molecule has 2 aliphatic heterocycles. The molecule has 4 heterocycles. The van der Waals surface area contributed by atoms with Gasteiger partial charge in [0, 0.05) is 47.7 Å². The van der Waals surface area contributed by atoms with E-state index in [-0.39, 0.29) is 12.1 Å². The van der Waals surface area contributed by atoms with E-state index >= 15 is 0 Å². The van der Waals surface area contributed by atoms with E-state index in [9.17, 15) is 0 Å². The van der Waals surface area contributed by atoms with E-state index in [0.29, 0.717) is 5.11 Å². The number of morpholine rings is 1. The molecule has 2 aromatic carbocycles. The van der Waals surface area contributed by atoms with Gasteiger partial charge in [-0.1, -0.05) is 24.3 Å². The van der Waals surface area contributed by atoms with Gasteiger partial charge in [-0.15, -0.1) is 0 Å². The molecule has 36 heavy (non-hydrogen) atoms. The van der Waals surface area contributed by atoms with E-state index in [1.54, 1.807) is 0 Å². The number of thiocarbonyl (C=S) groups is 1. The van der Waals surface area contributed by atoms with E-state index in [1.165, 1.54) is 17.1 Å². The minimum atomic E-state index is -0.0885. The zero-order valence-electron chi connectivity index (χ0n) is 20.2. The van der Waals surface area contributed by atoms with Gasteiger partial charge in [0.1, 0.15) is 6.04 Å². The van der Waals surface area contributed by atoms with Crippen LogP contribution in [0.3, 0.4) is 0 Å². The molecular weight excluding hydrogens is 466 g/mol. The Morgan fingerprint density at radius 2 is 1.56 bits per heavy atom. The standard InChI is InChI=1S/C29H29N5OS/c1-21-10-15-26(33(21)23-7-3-2-4-8-23)28-27(25-9-5-6-16-30-25)31-29(36)34(28)24-13-11-22(12-14-24)32-17-19-35-20-18-32/h2-16,27-28H,17-20H2,1H3,(H,31,36)/t27-,28-/m0/s1. The summed E-state index contributed by atoms with van der Waals surface area (Å²) in [5.41, 5.74) is 6.72. The maximum atomic E-state index is 5.95. The number of nitrogens with one attached hydrogen (secondary N) is 1. The van der Waals surface area contributed by atoms with Crippen molar-refractivity contribution < 1.29 is 4.74 Å². The van der Waals surface area contributed by atoms with Gasteiger partial charge in [0.15, 0.2) is 5.11 Å². The van der Waals surface area contributed by atoms with Crippen molar-refractivity contribution in [2.45, 2.75) is 19.0 Å². The molecule has 6 rings (SSSR count). The van der Waals surface area contributed by atoms with Crippen LogP contribution in [0.5, 0.6) is 0 Å². The molecule has 0 bridgehead atoms. The molecule has 2 fully saturated rings. The molecule has 6 nitrogen and oxygen atoms in total. The van der Waals surface area contributed by atoms with E-state index in [1.807, 2.05) is 24.4 Å². The van der Waals surface area contributed by atoms with Gasteiger partial charge in [0.25, 0.3) is 0 Å². The van der Waals surface area contributed by atoms with Crippen LogP contribution in [0, 0.1) is 6.92 Å². The van der Waals surface area contributed by atoms with Crippen molar-refractivity contribution in [3.05, 3.63) is 108 Å². The number of aromatic nitrogens is 2. The fourth-order valence-electron chi connectivity index (χ4n) is 5.30. The molecule has 7 heteroatoms. The topological polar surface area (TPSA) is 45.6 Å². The summed E-state index contributed by atoms with van der Waals surface area (Å²) < 4.78 is 7.85. The first-order chi connectivity index (χ1) is 17.7. The van der Waals surface area contributed by atoms with Gasteiger partial charge in [-0.25, -0.2) is 0 Å². The number of pyridine rings is 1. The lowest BCUT2D eigenvalue weighted by Crippen LogP contribution is -2.36. The third kappa shape index (κ3) is 4.14. The number of aryl methyl sites for hydroxylation is 1. The van der Waals surface area contributed by atoms with Gasteiger partial charge in [-0.05, 0) is 79.8 Å². The number of hydrogen-bond donors (Lipinski definition) is 1. The van der Waals surface area contributed by atoms with Crippen LogP contribution >= 0.6 is 12.2 Å². The van der Waals surface area contributed by atoms with Gasteiger partial charge < -0.3 is 24.4 Å². The maximum Gasteiger partial charge on any atom is 0.174 e. The van der Waals surface area contributed by atoms with E-state index < -0.39 is 0 Å². The molecule has 0 saturated carbocycles. The predicted molar refractivity (Wildman–Crippen MR) is 148 cm³/mol. The lowest BCUT2D eigenvalue weighted by Gasteiger charge is -2.31. The first kappa shape index (κ1) is 22.8. The highest BCUT2D eigenvalue weighted by atomic mass is 32.1. The Morgan fingerprint density at radius 3 is 2.28 bits per heavy atom. The summed E-state index contributed by atoms with van der Waals surface area (Å²) in [5, 5.41) is 4.29. The molecule has 2 aromatic heterocycles. The van der Waals surface area contributed by atoms with Crippen LogP contribution in [0.15, 0.2) is 91.1 Å². The van der Waals surface area contributed by atoms with Crippen molar-refractivity contribution in [1.82, 2.24) is 14.9 Å². The minimum absolute atomic E-state index is 0.0736. The van der Waals surface area contributed by atoms with Crippen molar-refractivity contribution >= 4 is 28.7 Å². The lowest BCUT2D eigenvalue weighted by atomic mass is 10.0. The summed E-state index contributed by atoms with van der Waals surface area (Å²) in [5.74, 6) is 0. The Balaban J connectivity index is 1.44. The summed E-state index contributed by atoms with van der Waals surface area (Å²) >= 11 is 5.95. The van der Waals surface area contributed by atoms with E-state index in [4.69, 9.17) is 21.9 Å². The van der Waals surface area contributed by atoms with Crippen LogP contribution in [-0.4, -0.2) is 41.0 Å². The van der Waals surface area contributed by atoms with Gasteiger partial charge in [-0.2, -0.15) is 0 Å². The molecule has 0 amide bonds. The van der Waals surface area contributed by atoms with Crippen LogP contribution in [0.1, 0.15) is 29.2 Å². The summed E-state index contributed by atoms with van der Waals surface area (Å²) in [6, 6.07) is 29.5. The average molecular weight is 496 g/mol. The maximum absolute atomic E-state index is 5.95. The summed E-state index contributed by atoms with van der Waals surface area (Å²) in [4.78, 5) is 9.32. The van der Waals surface area contributed by atoms with Gasteiger partial charge in [0.2, 0.25) is 0 Å². The smallest absolute Gasteiger partial charge is 0.174 e. The predicted octanol–water partition coefficient (Wildman–Crippen LogP) is 5.19. The number of nitrogens with zero attached hydrogens (tertiary/aromatic N) is 4. The highest BCUT2D eigenvalue weighted by Gasteiger charge is 2.42. The monoisotopic (exact) mass is 495 g/mol. The van der Waals surface area contributed by atoms with Crippen molar-refractivity contribution in [3.63, 3.8) is 0 Å². The number of hydrogen-bond acceptors (Lipinski definition) is 4. The van der Waals surface area contributed by atoms with E-state index in [0.717, 1.165) is 43.4 Å². The first-order valence-electron chi connectivity index (χ1n) is 12.4. The van der Waals surface area contributed by atoms with Crippen LogP contribution < -0.4 is 15.1 Å². The Hall–Kier alpha value is -3.68. The van der Waals surface area contributed by atoms with Crippen LogP contribution in [0.2, 0.25) is 0 Å². The molecule has 1 N–H and O–H groups in total. The number of para-hydroxylation sites is 1. The molecule has 2 saturated heterocycles. The normalized spacial score (nSPS) is 20.0. The molecule has 2 atom stereocenters. The molecular formula is C29H29N5OS. The van der Waals surface area contributed by atoms with Crippen molar-refractivity contribution in [1.29, 1.82) is 0 Å². The summed E-state index contributed by atoms with van der Waals surface area (Å²) in [6.45, 7) is 5.51. The third-order valence-electron chi connectivity index (χ3n) is 7.03. The number of ether oxygens (including phenoxy) is 1.